The van der Waals surface area contributed by atoms with Crippen LogP contribution in [-0.4, -0.2) is 12.1 Å². The molecule has 3 nitrogen and oxygen atoms in total. The van der Waals surface area contributed by atoms with Crippen LogP contribution in [0.1, 0.15) is 5.56 Å². The molecule has 0 atom stereocenters. The molecule has 1 N–H and O–H groups in total. The fraction of sp³-hybridized carbons (Fsp3) is 0.286. The lowest BCUT2D eigenvalue weighted by molar-refractivity contribution is 0.397. The van der Waals surface area contributed by atoms with E-state index < -0.39 is 0 Å². The first kappa shape index (κ1) is 8.30. The van der Waals surface area contributed by atoms with Gasteiger partial charge in [0, 0.05) is 18.8 Å². The number of rotatable bonds is 3. The van der Waals surface area contributed by atoms with E-state index in [-0.39, 0.29) is 0 Å². The first-order chi connectivity index (χ1) is 5.36. The molecule has 1 aromatic rings. The summed E-state index contributed by atoms with van der Waals surface area (Å²) in [6.45, 7) is 0.612. The zero-order valence-electron chi connectivity index (χ0n) is 6.17. The molecule has 0 saturated heterocycles. The highest BCUT2D eigenvalue weighted by atomic mass is 35.5. The smallest absolute Gasteiger partial charge is 0.213 e. The SMILES string of the molecule is COc1cc(CNCl)ccn1. The Balaban J connectivity index is 2.74. The van der Waals surface area contributed by atoms with E-state index in [2.05, 4.69) is 9.82 Å². The van der Waals surface area contributed by atoms with Gasteiger partial charge < -0.3 is 4.74 Å². The van der Waals surface area contributed by atoms with Crippen LogP contribution in [0.15, 0.2) is 18.3 Å². The van der Waals surface area contributed by atoms with Crippen LogP contribution in [0.5, 0.6) is 5.88 Å². The number of halogens is 1. The summed E-state index contributed by atoms with van der Waals surface area (Å²) >= 11 is 5.32. The topological polar surface area (TPSA) is 34.1 Å². The Labute approximate surface area is 70.5 Å². The molecule has 60 valence electrons. The van der Waals surface area contributed by atoms with Gasteiger partial charge in [-0.3, -0.25) is 0 Å². The molecule has 1 aromatic heterocycles. The van der Waals surface area contributed by atoms with Crippen molar-refractivity contribution in [2.45, 2.75) is 6.54 Å². The van der Waals surface area contributed by atoms with Gasteiger partial charge in [0.1, 0.15) is 0 Å². The standard InChI is InChI=1S/C7H9ClN2O/c1-11-7-4-6(5-10-8)2-3-9-7/h2-4,10H,5H2,1H3. The molecule has 0 aliphatic carbocycles. The number of hydrogen-bond acceptors (Lipinski definition) is 3. The lowest BCUT2D eigenvalue weighted by Gasteiger charge is -2.00. The summed E-state index contributed by atoms with van der Waals surface area (Å²) in [4.78, 5) is 6.47. The van der Waals surface area contributed by atoms with Gasteiger partial charge in [-0.05, 0) is 23.4 Å². The van der Waals surface area contributed by atoms with Crippen molar-refractivity contribution in [2.24, 2.45) is 0 Å². The third-order valence-corrected chi connectivity index (χ3v) is 1.41. The number of nitrogens with one attached hydrogen (secondary N) is 1. The normalized spacial score (nSPS) is 9.64. The zero-order valence-corrected chi connectivity index (χ0v) is 6.93. The number of ether oxygens (including phenoxy) is 1. The summed E-state index contributed by atoms with van der Waals surface area (Å²) in [5, 5.41) is 0. The van der Waals surface area contributed by atoms with E-state index in [1.165, 1.54) is 0 Å². The van der Waals surface area contributed by atoms with Crippen molar-refractivity contribution in [3.05, 3.63) is 23.9 Å². The Morgan fingerprint density at radius 3 is 3.18 bits per heavy atom. The second-order valence-electron chi connectivity index (χ2n) is 2.02. The van der Waals surface area contributed by atoms with Gasteiger partial charge in [-0.2, -0.15) is 0 Å². The van der Waals surface area contributed by atoms with Crippen molar-refractivity contribution >= 4 is 11.8 Å². The Morgan fingerprint density at radius 2 is 2.55 bits per heavy atom. The highest BCUT2D eigenvalue weighted by Crippen LogP contribution is 2.07. The van der Waals surface area contributed by atoms with E-state index in [1.807, 2.05) is 12.1 Å². The second kappa shape index (κ2) is 4.16. The molecule has 0 radical (unpaired) electrons. The molecule has 0 fully saturated rings. The Bertz CT molecular complexity index is 229. The van der Waals surface area contributed by atoms with Crippen molar-refractivity contribution in [2.75, 3.05) is 7.11 Å². The molecule has 0 aromatic carbocycles. The molecule has 0 amide bonds. The van der Waals surface area contributed by atoms with Crippen molar-refractivity contribution in [1.82, 2.24) is 9.82 Å². The molecule has 0 aliphatic rings. The predicted molar refractivity (Wildman–Crippen MR) is 43.5 cm³/mol. The monoisotopic (exact) mass is 172 g/mol. The van der Waals surface area contributed by atoms with Crippen molar-refractivity contribution in [3.8, 4) is 5.88 Å². The quantitative estimate of drug-likeness (QED) is 0.699. The lowest BCUT2D eigenvalue weighted by atomic mass is 10.3. The van der Waals surface area contributed by atoms with E-state index in [9.17, 15) is 0 Å². The highest BCUT2D eigenvalue weighted by molar-refractivity contribution is 6.13. The first-order valence-electron chi connectivity index (χ1n) is 3.19. The van der Waals surface area contributed by atoms with Gasteiger partial charge in [0.2, 0.25) is 5.88 Å². The minimum absolute atomic E-state index is 0.606. The van der Waals surface area contributed by atoms with Crippen LogP contribution in [-0.2, 0) is 6.54 Å². The molecule has 4 heteroatoms. The van der Waals surface area contributed by atoms with E-state index in [4.69, 9.17) is 16.5 Å². The molecule has 0 aliphatic heterocycles. The van der Waals surface area contributed by atoms with E-state index in [0.29, 0.717) is 12.4 Å². The van der Waals surface area contributed by atoms with Crippen molar-refractivity contribution < 1.29 is 4.74 Å². The van der Waals surface area contributed by atoms with Crippen molar-refractivity contribution in [3.63, 3.8) is 0 Å². The average Bonchev–Trinajstić information content (AvgIpc) is 2.06. The van der Waals surface area contributed by atoms with Crippen molar-refractivity contribution in [1.29, 1.82) is 0 Å². The Kier molecular flexibility index (Phi) is 3.14. The molecule has 0 unspecified atom stereocenters. The summed E-state index contributed by atoms with van der Waals surface area (Å²) in [6, 6.07) is 3.70. The average molecular weight is 173 g/mol. The van der Waals surface area contributed by atoms with Gasteiger partial charge in [-0.15, -0.1) is 0 Å². The van der Waals surface area contributed by atoms with Crippen LogP contribution < -0.4 is 9.57 Å². The Morgan fingerprint density at radius 1 is 1.73 bits per heavy atom. The van der Waals surface area contributed by atoms with Crippen LogP contribution >= 0.6 is 11.8 Å². The summed E-state index contributed by atoms with van der Waals surface area (Å²) in [5.74, 6) is 0.606. The molecule has 0 bridgehead atoms. The number of nitrogens with zero attached hydrogens (tertiary/aromatic N) is 1. The maximum Gasteiger partial charge on any atom is 0.213 e. The third kappa shape index (κ3) is 2.37. The molecule has 1 heterocycles. The second-order valence-corrected chi connectivity index (χ2v) is 2.28. The van der Waals surface area contributed by atoms with Gasteiger partial charge in [-0.25, -0.2) is 9.82 Å². The molecular formula is C7H9ClN2O. The molecule has 11 heavy (non-hydrogen) atoms. The van der Waals surface area contributed by atoms with E-state index in [1.54, 1.807) is 13.3 Å². The van der Waals surface area contributed by atoms with Crippen LogP contribution in [0.3, 0.4) is 0 Å². The maximum atomic E-state index is 5.32. The first-order valence-corrected chi connectivity index (χ1v) is 3.57. The molecule has 0 spiro atoms. The fourth-order valence-electron chi connectivity index (χ4n) is 0.749. The Hall–Kier alpha value is -0.800. The maximum absolute atomic E-state index is 5.32. The van der Waals surface area contributed by atoms with Gasteiger partial charge in [0.15, 0.2) is 0 Å². The largest absolute Gasteiger partial charge is 0.481 e. The number of methoxy groups -OCH3 is 1. The highest BCUT2D eigenvalue weighted by Gasteiger charge is 1.94. The van der Waals surface area contributed by atoms with Gasteiger partial charge in [-0.1, -0.05) is 0 Å². The van der Waals surface area contributed by atoms with Crippen LogP contribution in [0.25, 0.3) is 0 Å². The minimum atomic E-state index is 0.606. The summed E-state index contributed by atoms with van der Waals surface area (Å²) < 4.78 is 4.92. The summed E-state index contributed by atoms with van der Waals surface area (Å²) in [6.07, 6.45) is 1.68. The van der Waals surface area contributed by atoms with Gasteiger partial charge in [0.25, 0.3) is 0 Å². The zero-order chi connectivity index (χ0) is 8.10. The number of aromatic nitrogens is 1. The van der Waals surface area contributed by atoms with Gasteiger partial charge >= 0.3 is 0 Å². The molecule has 1 rings (SSSR count). The van der Waals surface area contributed by atoms with Crippen LogP contribution in [0, 0.1) is 0 Å². The number of hydrogen-bond donors (Lipinski definition) is 1. The minimum Gasteiger partial charge on any atom is -0.481 e. The lowest BCUT2D eigenvalue weighted by Crippen LogP contribution is -1.99. The molecule has 0 saturated carbocycles. The molecular weight excluding hydrogens is 164 g/mol. The van der Waals surface area contributed by atoms with Gasteiger partial charge in [0.05, 0.1) is 7.11 Å². The van der Waals surface area contributed by atoms with Crippen LogP contribution in [0.2, 0.25) is 0 Å². The summed E-state index contributed by atoms with van der Waals surface area (Å²) in [5.41, 5.74) is 1.05. The number of pyridine rings is 1. The predicted octanol–water partition coefficient (Wildman–Crippen LogP) is 1.33. The fourth-order valence-corrected chi connectivity index (χ4v) is 0.903. The third-order valence-electron chi connectivity index (χ3n) is 1.28. The van der Waals surface area contributed by atoms with E-state index in [0.717, 1.165) is 5.56 Å². The van der Waals surface area contributed by atoms with Crippen LogP contribution in [0.4, 0.5) is 0 Å². The van der Waals surface area contributed by atoms with E-state index >= 15 is 0 Å². The summed E-state index contributed by atoms with van der Waals surface area (Å²) in [7, 11) is 1.58.